The number of carbonyl (C=O) groups is 1. The largest absolute Gasteiger partial charge is 0.385 e. The number of Topliss-reactive ketones (excluding diaryl/α,β-unsaturated/α-hetero) is 1. The van der Waals surface area contributed by atoms with E-state index in [1.54, 1.807) is 0 Å². The van der Waals surface area contributed by atoms with Gasteiger partial charge in [-0.1, -0.05) is 29.8 Å². The van der Waals surface area contributed by atoms with Crippen LogP contribution in [0.2, 0.25) is 5.02 Å². The third kappa shape index (κ3) is 4.50. The monoisotopic (exact) mass is 375 g/mol. The Kier molecular flexibility index (Phi) is 6.07. The molecule has 3 rings (SSSR count). The highest BCUT2D eigenvalue weighted by molar-refractivity contribution is 6.31. The van der Waals surface area contributed by atoms with E-state index in [-0.39, 0.29) is 11.6 Å². The highest BCUT2D eigenvalue weighted by Crippen LogP contribution is 2.36. The van der Waals surface area contributed by atoms with Crippen molar-refractivity contribution in [2.45, 2.75) is 31.3 Å². The molecular weight excluding hydrogens is 353 g/mol. The van der Waals surface area contributed by atoms with E-state index in [2.05, 4.69) is 4.90 Å². The highest BCUT2D eigenvalue weighted by atomic mass is 35.5. The molecule has 1 heterocycles. The molecule has 1 saturated heterocycles. The molecule has 0 atom stereocenters. The van der Waals surface area contributed by atoms with Crippen LogP contribution in [-0.4, -0.2) is 35.4 Å². The average Bonchev–Trinajstić information content (AvgIpc) is 2.64. The molecule has 0 bridgehead atoms. The first-order chi connectivity index (χ1) is 12.5. The number of hydrogen-bond donors (Lipinski definition) is 1. The third-order valence-electron chi connectivity index (χ3n) is 5.10. The molecule has 0 saturated carbocycles. The minimum Gasteiger partial charge on any atom is -0.385 e. The molecule has 2 aromatic carbocycles. The van der Waals surface area contributed by atoms with Crippen molar-refractivity contribution >= 4 is 17.4 Å². The fourth-order valence-corrected chi connectivity index (χ4v) is 3.81. The summed E-state index contributed by atoms with van der Waals surface area (Å²) in [5.41, 5.74) is 0.477. The van der Waals surface area contributed by atoms with Crippen molar-refractivity contribution in [1.29, 1.82) is 0 Å². The third-order valence-corrected chi connectivity index (χ3v) is 5.43. The maximum absolute atomic E-state index is 12.9. The standard InChI is InChI=1S/C21H23ClFNO2/c22-19-5-2-1-4-18(19)21(26)11-14-24(15-12-21)13-3-6-20(25)16-7-9-17(23)10-8-16/h1-2,4-5,7-10,26H,3,6,11-15H2. The van der Waals surface area contributed by atoms with Crippen molar-refractivity contribution in [3.05, 3.63) is 70.5 Å². The molecule has 0 amide bonds. The molecule has 3 nitrogen and oxygen atoms in total. The topological polar surface area (TPSA) is 40.5 Å². The zero-order chi connectivity index (χ0) is 18.6. The number of rotatable bonds is 6. The normalized spacial score (nSPS) is 17.2. The number of hydrogen-bond acceptors (Lipinski definition) is 3. The van der Waals surface area contributed by atoms with Crippen LogP contribution in [0.25, 0.3) is 0 Å². The molecule has 1 fully saturated rings. The summed E-state index contributed by atoms with van der Waals surface area (Å²) in [6, 6.07) is 13.1. The number of carbonyl (C=O) groups excluding carboxylic acids is 1. The molecule has 0 radical (unpaired) electrons. The van der Waals surface area contributed by atoms with Gasteiger partial charge in [0, 0.05) is 35.7 Å². The summed E-state index contributed by atoms with van der Waals surface area (Å²) in [6.07, 6.45) is 2.45. The molecule has 0 unspecified atom stereocenters. The zero-order valence-electron chi connectivity index (χ0n) is 14.6. The van der Waals surface area contributed by atoms with Crippen molar-refractivity contribution in [2.24, 2.45) is 0 Å². The minimum atomic E-state index is -0.876. The summed E-state index contributed by atoms with van der Waals surface area (Å²) in [7, 11) is 0. The lowest BCUT2D eigenvalue weighted by Crippen LogP contribution is -2.43. The van der Waals surface area contributed by atoms with Gasteiger partial charge < -0.3 is 10.0 Å². The smallest absolute Gasteiger partial charge is 0.162 e. The Morgan fingerprint density at radius 3 is 2.42 bits per heavy atom. The maximum atomic E-state index is 12.9. The molecular formula is C21H23ClFNO2. The van der Waals surface area contributed by atoms with Gasteiger partial charge in [0.2, 0.25) is 0 Å². The molecule has 1 aliphatic rings. The average molecular weight is 376 g/mol. The number of benzene rings is 2. The quantitative estimate of drug-likeness (QED) is 0.759. The molecule has 2 aromatic rings. The van der Waals surface area contributed by atoms with Crippen molar-refractivity contribution in [3.63, 3.8) is 0 Å². The molecule has 1 aliphatic heterocycles. The Labute approximate surface area is 158 Å². The van der Waals surface area contributed by atoms with Crippen LogP contribution in [0.5, 0.6) is 0 Å². The molecule has 0 aromatic heterocycles. The van der Waals surface area contributed by atoms with Crippen molar-refractivity contribution in [3.8, 4) is 0 Å². The first-order valence-corrected chi connectivity index (χ1v) is 9.34. The molecule has 0 aliphatic carbocycles. The second-order valence-electron chi connectivity index (χ2n) is 6.89. The van der Waals surface area contributed by atoms with E-state index >= 15 is 0 Å². The Bertz CT molecular complexity index is 755. The molecule has 5 heteroatoms. The van der Waals surface area contributed by atoms with Gasteiger partial charge in [0.1, 0.15) is 5.82 Å². The summed E-state index contributed by atoms with van der Waals surface area (Å²) < 4.78 is 12.9. The predicted molar refractivity (Wildman–Crippen MR) is 101 cm³/mol. The first-order valence-electron chi connectivity index (χ1n) is 8.96. The van der Waals surface area contributed by atoms with Crippen LogP contribution < -0.4 is 0 Å². The summed E-state index contributed by atoms with van der Waals surface area (Å²) in [5, 5.41) is 11.5. The SMILES string of the molecule is O=C(CCCN1CCC(O)(c2ccccc2Cl)CC1)c1ccc(F)cc1. The lowest BCUT2D eigenvalue weighted by molar-refractivity contribution is -0.0259. The van der Waals surface area contributed by atoms with Gasteiger partial charge in [-0.15, -0.1) is 0 Å². The maximum Gasteiger partial charge on any atom is 0.162 e. The summed E-state index contributed by atoms with van der Waals surface area (Å²) in [5.74, 6) is -0.296. The van der Waals surface area contributed by atoms with E-state index in [0.717, 1.165) is 31.6 Å². The van der Waals surface area contributed by atoms with Crippen molar-refractivity contribution in [2.75, 3.05) is 19.6 Å². The van der Waals surface area contributed by atoms with Crippen LogP contribution in [0.4, 0.5) is 4.39 Å². The number of likely N-dealkylation sites (tertiary alicyclic amines) is 1. The minimum absolute atomic E-state index is 0.0366. The molecule has 1 N–H and O–H groups in total. The van der Waals surface area contributed by atoms with E-state index in [9.17, 15) is 14.3 Å². The van der Waals surface area contributed by atoms with Crippen LogP contribution >= 0.6 is 11.6 Å². The van der Waals surface area contributed by atoms with E-state index < -0.39 is 5.60 Å². The highest BCUT2D eigenvalue weighted by Gasteiger charge is 2.35. The number of halogens is 2. The Hall–Kier alpha value is -1.75. The van der Waals surface area contributed by atoms with Crippen LogP contribution in [0.15, 0.2) is 48.5 Å². The zero-order valence-corrected chi connectivity index (χ0v) is 15.4. The number of piperidine rings is 1. The number of aliphatic hydroxyl groups is 1. The summed E-state index contributed by atoms with van der Waals surface area (Å²) in [4.78, 5) is 14.4. The van der Waals surface area contributed by atoms with E-state index in [4.69, 9.17) is 11.6 Å². The van der Waals surface area contributed by atoms with Gasteiger partial charge >= 0.3 is 0 Å². The molecule has 26 heavy (non-hydrogen) atoms. The van der Waals surface area contributed by atoms with Gasteiger partial charge in [0.25, 0.3) is 0 Å². The lowest BCUT2D eigenvalue weighted by Gasteiger charge is -2.39. The van der Waals surface area contributed by atoms with Gasteiger partial charge in [-0.25, -0.2) is 4.39 Å². The Morgan fingerprint density at radius 2 is 1.77 bits per heavy atom. The fraction of sp³-hybridized carbons (Fsp3) is 0.381. The van der Waals surface area contributed by atoms with E-state index in [1.807, 2.05) is 24.3 Å². The van der Waals surface area contributed by atoms with E-state index in [1.165, 1.54) is 24.3 Å². The van der Waals surface area contributed by atoms with Crippen LogP contribution in [0, 0.1) is 5.82 Å². The second kappa shape index (κ2) is 8.30. The van der Waals surface area contributed by atoms with Crippen LogP contribution in [0.3, 0.4) is 0 Å². The van der Waals surface area contributed by atoms with Gasteiger partial charge in [0.15, 0.2) is 5.78 Å². The second-order valence-corrected chi connectivity index (χ2v) is 7.29. The fourth-order valence-electron chi connectivity index (χ4n) is 3.50. The van der Waals surface area contributed by atoms with Gasteiger partial charge in [-0.3, -0.25) is 4.79 Å². The number of ketones is 1. The molecule has 0 spiro atoms. The predicted octanol–water partition coefficient (Wildman–Crippen LogP) is 4.43. The van der Waals surface area contributed by atoms with Crippen LogP contribution in [-0.2, 0) is 5.60 Å². The first kappa shape index (κ1) is 19.0. The summed E-state index contributed by atoms with van der Waals surface area (Å²) >= 11 is 6.24. The number of nitrogens with zero attached hydrogens (tertiary/aromatic N) is 1. The van der Waals surface area contributed by atoms with Gasteiger partial charge in [-0.2, -0.15) is 0 Å². The summed E-state index contributed by atoms with van der Waals surface area (Å²) in [6.45, 7) is 2.35. The van der Waals surface area contributed by atoms with Gasteiger partial charge in [-0.05, 0) is 56.1 Å². The van der Waals surface area contributed by atoms with E-state index in [0.29, 0.717) is 29.8 Å². The lowest BCUT2D eigenvalue weighted by atomic mass is 9.84. The van der Waals surface area contributed by atoms with Crippen molar-refractivity contribution in [1.82, 2.24) is 4.90 Å². The Balaban J connectivity index is 1.46. The van der Waals surface area contributed by atoms with Crippen molar-refractivity contribution < 1.29 is 14.3 Å². The Morgan fingerprint density at radius 1 is 1.12 bits per heavy atom. The molecule has 138 valence electrons. The van der Waals surface area contributed by atoms with Gasteiger partial charge in [0.05, 0.1) is 5.60 Å². The van der Waals surface area contributed by atoms with Crippen LogP contribution in [0.1, 0.15) is 41.6 Å².